The molecule has 0 spiro atoms. The summed E-state index contributed by atoms with van der Waals surface area (Å²) in [4.78, 5) is 21.6. The van der Waals surface area contributed by atoms with E-state index in [2.05, 4.69) is 0 Å². The van der Waals surface area contributed by atoms with Crippen molar-refractivity contribution < 1.29 is 19.7 Å². The molecule has 0 bridgehead atoms. The molecule has 1 N–H and O–H groups in total. The average molecular weight is 210 g/mol. The van der Waals surface area contributed by atoms with Crippen LogP contribution in [-0.2, 0) is 16.0 Å². The van der Waals surface area contributed by atoms with Gasteiger partial charge in [-0.1, -0.05) is 18.2 Å². The van der Waals surface area contributed by atoms with Crippen LogP contribution in [-0.4, -0.2) is 22.7 Å². The van der Waals surface area contributed by atoms with Crippen molar-refractivity contribution in [1.29, 1.82) is 0 Å². The van der Waals surface area contributed by atoms with Crippen LogP contribution < -0.4 is 0 Å². The molecule has 0 amide bonds. The van der Waals surface area contributed by atoms with Gasteiger partial charge >= 0.3 is 11.7 Å². The Morgan fingerprint density at radius 3 is 2.73 bits per heavy atom. The van der Waals surface area contributed by atoms with Crippen molar-refractivity contribution in [2.24, 2.45) is 0 Å². The molecule has 0 aromatic heterocycles. The Morgan fingerprint density at radius 1 is 1.47 bits per heavy atom. The minimum atomic E-state index is -0.424. The van der Waals surface area contributed by atoms with Gasteiger partial charge < -0.3 is 4.74 Å². The van der Waals surface area contributed by atoms with Gasteiger partial charge in [0.2, 0.25) is 0 Å². The summed E-state index contributed by atoms with van der Waals surface area (Å²) >= 11 is 0. The molecule has 0 saturated heterocycles. The van der Waals surface area contributed by atoms with Crippen LogP contribution in [0, 0.1) is 4.91 Å². The Kier molecular flexibility index (Phi) is 3.79. The first-order chi connectivity index (χ1) is 7.15. The number of carbonyl (C=O) groups is 1. The maximum absolute atomic E-state index is 11.2. The highest BCUT2D eigenvalue weighted by Crippen LogP contribution is 2.17. The number of ether oxygens (including phenoxy) is 1. The summed E-state index contributed by atoms with van der Waals surface area (Å²) < 4.78 is 4.74. The predicted octanol–water partition coefficient (Wildman–Crippen LogP) is 1.59. The first kappa shape index (κ1) is 11.2. The number of carbonyl (C=O) groups excluding carboxylic acids is 1. The van der Waals surface area contributed by atoms with E-state index < -0.39 is 5.97 Å². The zero-order valence-corrected chi connectivity index (χ0v) is 8.34. The molecule has 0 radical (unpaired) electrons. The van der Waals surface area contributed by atoms with Crippen LogP contribution in [0.1, 0.15) is 12.5 Å². The first-order valence-electron chi connectivity index (χ1n) is 4.54. The predicted molar refractivity (Wildman–Crippen MR) is 51.9 cm³/mol. The molecule has 5 nitrogen and oxygen atoms in total. The fraction of sp³-hybridized carbons (Fsp3) is 0.300. The van der Waals surface area contributed by atoms with Gasteiger partial charge in [0.05, 0.1) is 17.9 Å². The quantitative estimate of drug-likeness (QED) is 0.605. The molecule has 1 aromatic carbocycles. The molecule has 0 atom stereocenters. The van der Waals surface area contributed by atoms with E-state index in [1.807, 2.05) is 0 Å². The van der Waals surface area contributed by atoms with E-state index in [1.54, 1.807) is 25.1 Å². The Hall–Kier alpha value is -1.91. The molecule has 0 aliphatic heterocycles. The summed E-state index contributed by atoms with van der Waals surface area (Å²) in [7, 11) is 0. The van der Waals surface area contributed by atoms with Crippen molar-refractivity contribution in [3.63, 3.8) is 0 Å². The van der Waals surface area contributed by atoms with Gasteiger partial charge in [0.15, 0.2) is 0 Å². The third-order valence-electron chi connectivity index (χ3n) is 1.84. The first-order valence-corrected chi connectivity index (χ1v) is 4.54. The lowest BCUT2D eigenvalue weighted by molar-refractivity contribution is -0.730. The highest BCUT2D eigenvalue weighted by Gasteiger charge is 2.19. The summed E-state index contributed by atoms with van der Waals surface area (Å²) in [6.45, 7) is 2.00. The smallest absolute Gasteiger partial charge is 0.320 e. The molecule has 0 aliphatic carbocycles. The standard InChI is InChI=1S/C10H12NO4/c1-2-15-10(12)7-8-5-3-4-6-9(8)11(13)14/h3-6H,2,7H2,1H3,(H,13,14)/q+1. The number of nitrogens with zero attached hydrogens (tertiary/aromatic N) is 1. The Labute approximate surface area is 86.8 Å². The van der Waals surface area contributed by atoms with Crippen molar-refractivity contribution in [3.8, 4) is 0 Å². The highest BCUT2D eigenvalue weighted by atomic mass is 16.6. The van der Waals surface area contributed by atoms with E-state index in [9.17, 15) is 9.70 Å². The SMILES string of the molecule is CCOC(=O)Cc1ccccc1[N+](=O)O. The lowest BCUT2D eigenvalue weighted by atomic mass is 10.1. The molecule has 0 aliphatic rings. The van der Waals surface area contributed by atoms with Gasteiger partial charge in [-0.05, 0) is 6.92 Å². The maximum Gasteiger partial charge on any atom is 0.320 e. The van der Waals surface area contributed by atoms with Gasteiger partial charge in [-0.2, -0.15) is 0 Å². The fourth-order valence-corrected chi connectivity index (χ4v) is 1.21. The molecule has 0 heterocycles. The topological polar surface area (TPSA) is 66.6 Å². The number of hydrogen-bond donors (Lipinski definition) is 1. The van der Waals surface area contributed by atoms with Crippen LogP contribution in [0.2, 0.25) is 0 Å². The maximum atomic E-state index is 11.2. The lowest BCUT2D eigenvalue weighted by Crippen LogP contribution is -2.09. The van der Waals surface area contributed by atoms with Gasteiger partial charge in [0.1, 0.15) is 0 Å². The van der Waals surface area contributed by atoms with Crippen molar-refractivity contribution in [2.75, 3.05) is 6.61 Å². The summed E-state index contributed by atoms with van der Waals surface area (Å²) in [5.41, 5.74) is 0.499. The lowest BCUT2D eigenvalue weighted by Gasteiger charge is -2.00. The Bertz CT molecular complexity index is 375. The third kappa shape index (κ3) is 3.05. The second-order valence-corrected chi connectivity index (χ2v) is 2.88. The minimum absolute atomic E-state index is 0.0245. The summed E-state index contributed by atoms with van der Waals surface area (Å²) in [6.07, 6.45) is -0.0245. The second-order valence-electron chi connectivity index (χ2n) is 2.88. The van der Waals surface area contributed by atoms with Crippen LogP contribution in [0.5, 0.6) is 0 Å². The molecule has 0 fully saturated rings. The Balaban J connectivity index is 2.84. The molecule has 0 saturated carbocycles. The van der Waals surface area contributed by atoms with Gasteiger partial charge in [-0.3, -0.25) is 4.79 Å². The highest BCUT2D eigenvalue weighted by molar-refractivity contribution is 5.74. The monoisotopic (exact) mass is 210 g/mol. The fourth-order valence-electron chi connectivity index (χ4n) is 1.21. The second kappa shape index (κ2) is 5.09. The number of hydrogen-bond acceptors (Lipinski definition) is 3. The van der Waals surface area contributed by atoms with E-state index in [0.717, 1.165) is 0 Å². The number of para-hydroxylation sites is 1. The van der Waals surface area contributed by atoms with Crippen molar-refractivity contribution in [3.05, 3.63) is 34.7 Å². The van der Waals surface area contributed by atoms with Gasteiger partial charge in [-0.15, -0.1) is 0 Å². The van der Waals surface area contributed by atoms with Gasteiger partial charge in [0, 0.05) is 11.6 Å². The number of benzene rings is 1. The third-order valence-corrected chi connectivity index (χ3v) is 1.84. The van der Waals surface area contributed by atoms with Crippen LogP contribution in [0.4, 0.5) is 5.69 Å². The van der Waals surface area contributed by atoms with Crippen LogP contribution >= 0.6 is 0 Å². The average Bonchev–Trinajstić information content (AvgIpc) is 2.18. The summed E-state index contributed by atoms with van der Waals surface area (Å²) in [6, 6.07) is 6.31. The van der Waals surface area contributed by atoms with Crippen LogP contribution in [0.3, 0.4) is 0 Å². The van der Waals surface area contributed by atoms with E-state index in [0.29, 0.717) is 12.2 Å². The normalized spacial score (nSPS) is 9.67. The molecule has 1 rings (SSSR count). The largest absolute Gasteiger partial charge is 0.466 e. The summed E-state index contributed by atoms with van der Waals surface area (Å²) in [5.74, 6) is -0.424. The van der Waals surface area contributed by atoms with Crippen molar-refractivity contribution in [1.82, 2.24) is 0 Å². The van der Waals surface area contributed by atoms with E-state index in [1.165, 1.54) is 6.07 Å². The van der Waals surface area contributed by atoms with E-state index >= 15 is 0 Å². The van der Waals surface area contributed by atoms with Gasteiger partial charge in [-0.25, -0.2) is 5.21 Å². The molecule has 5 heteroatoms. The van der Waals surface area contributed by atoms with Crippen molar-refractivity contribution >= 4 is 11.7 Å². The van der Waals surface area contributed by atoms with Crippen LogP contribution in [0.15, 0.2) is 24.3 Å². The zero-order valence-electron chi connectivity index (χ0n) is 8.34. The Morgan fingerprint density at radius 2 is 2.13 bits per heavy atom. The molecule has 1 aromatic rings. The van der Waals surface area contributed by atoms with E-state index in [-0.39, 0.29) is 17.0 Å². The molecule has 0 unspecified atom stereocenters. The van der Waals surface area contributed by atoms with E-state index in [4.69, 9.17) is 9.94 Å². The summed E-state index contributed by atoms with van der Waals surface area (Å²) in [5, 5.41) is 8.77. The molecule has 80 valence electrons. The number of rotatable bonds is 4. The zero-order chi connectivity index (χ0) is 11.3. The van der Waals surface area contributed by atoms with Gasteiger partial charge in [0.25, 0.3) is 4.92 Å². The molecular formula is C10H12NO4+. The minimum Gasteiger partial charge on any atom is -0.466 e. The molecular weight excluding hydrogens is 198 g/mol. The van der Waals surface area contributed by atoms with Crippen LogP contribution in [0.25, 0.3) is 0 Å². The number of esters is 1. The molecule has 15 heavy (non-hydrogen) atoms. The van der Waals surface area contributed by atoms with Crippen molar-refractivity contribution in [2.45, 2.75) is 13.3 Å².